The van der Waals surface area contributed by atoms with Gasteiger partial charge in [-0.15, -0.1) is 0 Å². The zero-order valence-corrected chi connectivity index (χ0v) is 26.8. The lowest BCUT2D eigenvalue weighted by Gasteiger charge is -2.22. The highest BCUT2D eigenvalue weighted by atomic mass is 16.3. The van der Waals surface area contributed by atoms with Crippen molar-refractivity contribution >= 4 is 33.0 Å². The highest BCUT2D eigenvalue weighted by Crippen LogP contribution is 2.52. The van der Waals surface area contributed by atoms with E-state index in [9.17, 15) is 0 Å². The molecule has 0 amide bonds. The number of oxazole rings is 1. The summed E-state index contributed by atoms with van der Waals surface area (Å²) in [6.45, 7) is 4.54. The van der Waals surface area contributed by atoms with Gasteiger partial charge in [0.2, 0.25) is 0 Å². The normalized spacial score (nSPS) is 13.3. The Kier molecular flexibility index (Phi) is 5.82. The summed E-state index contributed by atoms with van der Waals surface area (Å²) in [5.74, 6) is 1.84. The molecular weight excluding hydrogens is 604 g/mol. The van der Waals surface area contributed by atoms with Crippen LogP contribution in [0, 0.1) is 0 Å². The minimum absolute atomic E-state index is 0.267. The molecule has 49 heavy (non-hydrogen) atoms. The topological polar surface area (TPSA) is 77.8 Å². The monoisotopic (exact) mass is 632 g/mol. The van der Waals surface area contributed by atoms with Crippen LogP contribution < -0.4 is 0 Å². The van der Waals surface area contributed by atoms with Crippen molar-refractivity contribution in [3.05, 3.63) is 145 Å². The van der Waals surface area contributed by atoms with Gasteiger partial charge in [0.15, 0.2) is 29.4 Å². The summed E-state index contributed by atoms with van der Waals surface area (Å²) in [7, 11) is 0. The minimum Gasteiger partial charge on any atom is -0.455 e. The molecule has 10 rings (SSSR count). The molecule has 0 saturated carbocycles. The first-order valence-corrected chi connectivity index (χ1v) is 16.4. The molecule has 3 heterocycles. The molecule has 0 N–H and O–H groups in total. The van der Waals surface area contributed by atoms with Gasteiger partial charge in [0, 0.05) is 38.4 Å². The van der Waals surface area contributed by atoms with Crippen molar-refractivity contribution in [2.24, 2.45) is 0 Å². The molecule has 0 aliphatic heterocycles. The highest BCUT2D eigenvalue weighted by molar-refractivity contribution is 6.16. The van der Waals surface area contributed by atoms with Gasteiger partial charge in [0.1, 0.15) is 16.7 Å². The maximum Gasteiger partial charge on any atom is 0.181 e. The Morgan fingerprint density at radius 3 is 1.92 bits per heavy atom. The van der Waals surface area contributed by atoms with Crippen LogP contribution in [0.1, 0.15) is 25.0 Å². The summed E-state index contributed by atoms with van der Waals surface area (Å²) >= 11 is 0. The molecule has 0 saturated heterocycles. The summed E-state index contributed by atoms with van der Waals surface area (Å²) in [5, 5.41) is 1.99. The van der Waals surface area contributed by atoms with Crippen molar-refractivity contribution in [2.75, 3.05) is 0 Å². The predicted octanol–water partition coefficient (Wildman–Crippen LogP) is 10.9. The number of benzene rings is 6. The maximum atomic E-state index is 6.72. The van der Waals surface area contributed by atoms with E-state index >= 15 is 0 Å². The van der Waals surface area contributed by atoms with Gasteiger partial charge < -0.3 is 8.83 Å². The van der Waals surface area contributed by atoms with Crippen LogP contribution >= 0.6 is 0 Å². The van der Waals surface area contributed by atoms with Gasteiger partial charge in [-0.1, -0.05) is 111 Å². The van der Waals surface area contributed by atoms with Crippen molar-refractivity contribution in [1.29, 1.82) is 0 Å². The molecule has 3 aromatic heterocycles. The van der Waals surface area contributed by atoms with Gasteiger partial charge >= 0.3 is 0 Å². The molecule has 9 aromatic rings. The Balaban J connectivity index is 1.20. The highest BCUT2D eigenvalue weighted by Gasteiger charge is 2.38. The van der Waals surface area contributed by atoms with E-state index in [1.807, 2.05) is 84.9 Å². The number of nitrogens with zero attached hydrogens (tertiary/aromatic N) is 4. The molecule has 232 valence electrons. The van der Waals surface area contributed by atoms with Crippen molar-refractivity contribution in [3.8, 4) is 56.4 Å². The van der Waals surface area contributed by atoms with Gasteiger partial charge in [-0.3, -0.25) is 0 Å². The van der Waals surface area contributed by atoms with Crippen molar-refractivity contribution in [1.82, 2.24) is 19.9 Å². The van der Waals surface area contributed by atoms with E-state index in [1.165, 1.54) is 28.6 Å². The zero-order chi connectivity index (χ0) is 32.7. The molecule has 6 heteroatoms. The van der Waals surface area contributed by atoms with Crippen LogP contribution in [0.3, 0.4) is 0 Å². The molecular formula is C43H28N4O2. The lowest BCUT2D eigenvalue weighted by atomic mass is 9.81. The van der Waals surface area contributed by atoms with Crippen LogP contribution in [0.15, 0.2) is 143 Å². The fourth-order valence-electron chi connectivity index (χ4n) is 7.56. The van der Waals surface area contributed by atoms with Crippen LogP contribution in [0.4, 0.5) is 0 Å². The van der Waals surface area contributed by atoms with E-state index in [-0.39, 0.29) is 5.41 Å². The Labute approximate surface area is 281 Å². The number of rotatable bonds is 4. The zero-order valence-electron chi connectivity index (χ0n) is 26.8. The average Bonchev–Trinajstić information content (AvgIpc) is 3.85. The average molecular weight is 633 g/mol. The lowest BCUT2D eigenvalue weighted by molar-refractivity contribution is 0.602. The molecule has 0 unspecified atom stereocenters. The Hall–Kier alpha value is -6.40. The van der Waals surface area contributed by atoms with Crippen molar-refractivity contribution < 1.29 is 8.83 Å². The van der Waals surface area contributed by atoms with Crippen LogP contribution in [-0.4, -0.2) is 19.9 Å². The summed E-state index contributed by atoms with van der Waals surface area (Å²) in [5.41, 5.74) is 12.8. The number of fused-ring (bicyclic) bond motifs is 8. The molecule has 0 radical (unpaired) electrons. The Morgan fingerprint density at radius 2 is 1.16 bits per heavy atom. The third-order valence-electron chi connectivity index (χ3n) is 9.89. The predicted molar refractivity (Wildman–Crippen MR) is 194 cm³/mol. The van der Waals surface area contributed by atoms with Crippen LogP contribution in [0.5, 0.6) is 0 Å². The maximum absolute atomic E-state index is 6.72. The van der Waals surface area contributed by atoms with Gasteiger partial charge in [-0.2, -0.15) is 0 Å². The summed E-state index contributed by atoms with van der Waals surface area (Å²) in [6, 6.07) is 43.5. The number of hydrogen-bond acceptors (Lipinski definition) is 6. The number of aromatic nitrogens is 4. The van der Waals surface area contributed by atoms with Crippen molar-refractivity contribution in [3.63, 3.8) is 0 Å². The largest absolute Gasteiger partial charge is 0.455 e. The van der Waals surface area contributed by atoms with Gasteiger partial charge in [-0.05, 0) is 58.1 Å². The smallest absolute Gasteiger partial charge is 0.181 e. The molecule has 1 aliphatic carbocycles. The van der Waals surface area contributed by atoms with Gasteiger partial charge in [-0.25, -0.2) is 19.9 Å². The molecule has 6 nitrogen and oxygen atoms in total. The van der Waals surface area contributed by atoms with Crippen LogP contribution in [0.2, 0.25) is 0 Å². The van der Waals surface area contributed by atoms with E-state index in [1.54, 1.807) is 0 Å². The number of hydrogen-bond donors (Lipinski definition) is 0. The first-order chi connectivity index (χ1) is 24.0. The molecule has 0 bridgehead atoms. The van der Waals surface area contributed by atoms with Gasteiger partial charge in [0.25, 0.3) is 0 Å². The Bertz CT molecular complexity index is 2690. The minimum atomic E-state index is -0.267. The molecule has 0 atom stereocenters. The fraction of sp³-hybridized carbons (Fsp3) is 0.0698. The van der Waals surface area contributed by atoms with E-state index in [0.717, 1.165) is 60.9 Å². The molecule has 0 spiro atoms. The van der Waals surface area contributed by atoms with E-state index in [4.69, 9.17) is 23.8 Å². The standard InChI is InChI=1S/C43H28N4O2/c1-43(2)33-23-27(17-18-29(33)30-21-22-35-38(37(30)43)44-24-48-35)28-19-20-32(36-31-15-9-10-16-34(31)49-39(28)36)42-46-40(25-11-5-3-6-12-25)45-41(47-42)26-13-7-4-8-14-26/h3-24H,1-2H3. The van der Waals surface area contributed by atoms with Crippen LogP contribution in [-0.2, 0) is 5.41 Å². The van der Waals surface area contributed by atoms with Crippen molar-refractivity contribution in [2.45, 2.75) is 19.3 Å². The second kappa shape index (κ2) is 10.3. The van der Waals surface area contributed by atoms with Gasteiger partial charge in [0.05, 0.1) is 0 Å². The van der Waals surface area contributed by atoms with E-state index in [0.29, 0.717) is 17.5 Å². The number of furan rings is 1. The van der Waals surface area contributed by atoms with E-state index in [2.05, 4.69) is 61.3 Å². The Morgan fingerprint density at radius 1 is 0.531 bits per heavy atom. The fourth-order valence-corrected chi connectivity index (χ4v) is 7.56. The second-order valence-corrected chi connectivity index (χ2v) is 13.1. The summed E-state index contributed by atoms with van der Waals surface area (Å²) < 4.78 is 12.4. The third kappa shape index (κ3) is 4.14. The SMILES string of the molecule is CC1(C)c2cc(-c3ccc(-c4nc(-c5ccccc5)nc(-c5ccccc5)n4)c4c3oc3ccccc34)ccc2-c2ccc3ocnc3c21. The molecule has 0 fully saturated rings. The summed E-state index contributed by atoms with van der Waals surface area (Å²) in [6.07, 6.45) is 1.54. The lowest BCUT2D eigenvalue weighted by Crippen LogP contribution is -2.15. The molecule has 6 aromatic carbocycles. The molecule has 1 aliphatic rings. The number of para-hydroxylation sites is 1. The quantitative estimate of drug-likeness (QED) is 0.192. The van der Waals surface area contributed by atoms with Crippen LogP contribution in [0.25, 0.3) is 89.5 Å². The van der Waals surface area contributed by atoms with E-state index < -0.39 is 0 Å². The third-order valence-corrected chi connectivity index (χ3v) is 9.89. The second-order valence-electron chi connectivity index (χ2n) is 13.1. The first kappa shape index (κ1) is 27.7. The first-order valence-electron chi connectivity index (χ1n) is 16.4. The summed E-state index contributed by atoms with van der Waals surface area (Å²) in [4.78, 5) is 19.7.